The van der Waals surface area contributed by atoms with Crippen molar-refractivity contribution in [1.29, 1.82) is 0 Å². The van der Waals surface area contributed by atoms with Crippen molar-refractivity contribution < 1.29 is 0 Å². The summed E-state index contributed by atoms with van der Waals surface area (Å²) in [6.45, 7) is 17.4. The zero-order valence-corrected chi connectivity index (χ0v) is 10.7. The molecule has 0 aromatic rings. The second-order valence-electron chi connectivity index (χ2n) is 6.36. The van der Waals surface area contributed by atoms with Crippen molar-refractivity contribution in [1.82, 2.24) is 9.80 Å². The van der Waals surface area contributed by atoms with Crippen LogP contribution in [-0.2, 0) is 0 Å². The number of hydrogen-bond acceptors (Lipinski definition) is 2. The fraction of sp³-hybridized carbons (Fsp3) is 1.00. The lowest BCUT2D eigenvalue weighted by atomic mass is 10.0. The monoisotopic (exact) mass is 198 g/mol. The summed E-state index contributed by atoms with van der Waals surface area (Å²) in [4.78, 5) is 5.14. The Labute approximate surface area is 89.3 Å². The van der Waals surface area contributed by atoms with E-state index in [2.05, 4.69) is 51.3 Å². The average molecular weight is 198 g/mol. The molecule has 1 rings (SSSR count). The summed E-state index contributed by atoms with van der Waals surface area (Å²) in [5.41, 5.74) is 0.619. The van der Waals surface area contributed by atoms with Crippen LogP contribution in [0.3, 0.4) is 0 Å². The fourth-order valence-electron chi connectivity index (χ4n) is 1.90. The lowest BCUT2D eigenvalue weighted by molar-refractivity contribution is -0.0219. The first-order chi connectivity index (χ1) is 6.21. The Balaban J connectivity index is 2.61. The van der Waals surface area contributed by atoms with Crippen molar-refractivity contribution >= 4 is 0 Å². The standard InChI is InChI=1S/C12H26N2/c1-11(2,3)13-8-7-9-14(10-13)12(4,5)6/h7-10H2,1-6H3. The third kappa shape index (κ3) is 2.96. The van der Waals surface area contributed by atoms with E-state index in [4.69, 9.17) is 0 Å². The van der Waals surface area contributed by atoms with Crippen molar-refractivity contribution in [3.8, 4) is 0 Å². The normalized spacial score (nSPS) is 22.7. The first-order valence-electron chi connectivity index (χ1n) is 5.71. The smallest absolute Gasteiger partial charge is 0.0515 e. The molecule has 0 aromatic carbocycles. The summed E-state index contributed by atoms with van der Waals surface area (Å²) in [6, 6.07) is 0. The van der Waals surface area contributed by atoms with Gasteiger partial charge in [0, 0.05) is 24.2 Å². The molecule has 0 unspecified atom stereocenters. The van der Waals surface area contributed by atoms with Gasteiger partial charge in [-0.25, -0.2) is 0 Å². The highest BCUT2D eigenvalue weighted by molar-refractivity contribution is 4.85. The first-order valence-corrected chi connectivity index (χ1v) is 5.71. The highest BCUT2D eigenvalue weighted by Gasteiger charge is 2.31. The van der Waals surface area contributed by atoms with Gasteiger partial charge in [0.05, 0.1) is 6.67 Å². The Morgan fingerprint density at radius 3 is 1.36 bits per heavy atom. The van der Waals surface area contributed by atoms with Gasteiger partial charge in [-0.05, 0) is 48.0 Å². The molecular formula is C12H26N2. The van der Waals surface area contributed by atoms with Crippen molar-refractivity contribution in [2.75, 3.05) is 19.8 Å². The second-order valence-corrected chi connectivity index (χ2v) is 6.36. The SMILES string of the molecule is CC(C)(C)N1CCCN(C(C)(C)C)C1. The number of hydrogen-bond donors (Lipinski definition) is 0. The van der Waals surface area contributed by atoms with Gasteiger partial charge in [0.1, 0.15) is 0 Å². The third-order valence-corrected chi connectivity index (χ3v) is 3.09. The Kier molecular flexibility index (Phi) is 3.27. The Hall–Kier alpha value is -0.0800. The molecule has 0 aromatic heterocycles. The highest BCUT2D eigenvalue weighted by atomic mass is 15.4. The molecule has 0 saturated carbocycles. The van der Waals surface area contributed by atoms with Crippen LogP contribution in [0.4, 0.5) is 0 Å². The summed E-state index contributed by atoms with van der Waals surface area (Å²) in [5.74, 6) is 0. The molecule has 1 fully saturated rings. The molecule has 0 spiro atoms. The molecule has 0 radical (unpaired) electrons. The van der Waals surface area contributed by atoms with Crippen LogP contribution in [0.2, 0.25) is 0 Å². The van der Waals surface area contributed by atoms with E-state index < -0.39 is 0 Å². The van der Waals surface area contributed by atoms with Gasteiger partial charge >= 0.3 is 0 Å². The zero-order valence-electron chi connectivity index (χ0n) is 10.7. The molecule has 0 atom stereocenters. The van der Waals surface area contributed by atoms with E-state index in [9.17, 15) is 0 Å². The molecule has 14 heavy (non-hydrogen) atoms. The molecule has 84 valence electrons. The maximum absolute atomic E-state index is 2.57. The van der Waals surface area contributed by atoms with Crippen LogP contribution >= 0.6 is 0 Å². The average Bonchev–Trinajstić information content (AvgIpc) is 2.01. The lowest BCUT2D eigenvalue weighted by Crippen LogP contribution is -2.57. The van der Waals surface area contributed by atoms with E-state index in [1.54, 1.807) is 0 Å². The lowest BCUT2D eigenvalue weighted by Gasteiger charge is -2.47. The molecule has 1 saturated heterocycles. The van der Waals surface area contributed by atoms with Crippen molar-refractivity contribution in [3.63, 3.8) is 0 Å². The molecule has 2 heteroatoms. The van der Waals surface area contributed by atoms with Gasteiger partial charge < -0.3 is 0 Å². The topological polar surface area (TPSA) is 6.48 Å². The summed E-state index contributed by atoms with van der Waals surface area (Å²) >= 11 is 0. The van der Waals surface area contributed by atoms with Gasteiger partial charge in [-0.2, -0.15) is 0 Å². The van der Waals surface area contributed by atoms with Crippen LogP contribution < -0.4 is 0 Å². The van der Waals surface area contributed by atoms with Gasteiger partial charge in [0.25, 0.3) is 0 Å². The molecular weight excluding hydrogens is 172 g/mol. The van der Waals surface area contributed by atoms with Crippen molar-refractivity contribution in [2.45, 2.75) is 59.0 Å². The second kappa shape index (κ2) is 3.82. The molecule has 0 aliphatic carbocycles. The fourth-order valence-corrected chi connectivity index (χ4v) is 1.90. The largest absolute Gasteiger partial charge is 0.286 e. The van der Waals surface area contributed by atoms with Crippen LogP contribution in [-0.4, -0.2) is 40.6 Å². The molecule has 1 heterocycles. The predicted molar refractivity (Wildman–Crippen MR) is 62.4 cm³/mol. The van der Waals surface area contributed by atoms with Gasteiger partial charge in [0.15, 0.2) is 0 Å². The van der Waals surface area contributed by atoms with Crippen LogP contribution in [0.5, 0.6) is 0 Å². The molecule has 0 N–H and O–H groups in total. The van der Waals surface area contributed by atoms with Crippen molar-refractivity contribution in [3.05, 3.63) is 0 Å². The van der Waals surface area contributed by atoms with Gasteiger partial charge in [0.2, 0.25) is 0 Å². The van der Waals surface area contributed by atoms with E-state index in [1.165, 1.54) is 19.5 Å². The Morgan fingerprint density at radius 2 is 1.07 bits per heavy atom. The summed E-state index contributed by atoms with van der Waals surface area (Å²) < 4.78 is 0. The summed E-state index contributed by atoms with van der Waals surface area (Å²) in [6.07, 6.45) is 1.30. The summed E-state index contributed by atoms with van der Waals surface area (Å²) in [7, 11) is 0. The number of rotatable bonds is 0. The quantitative estimate of drug-likeness (QED) is 0.590. The minimum Gasteiger partial charge on any atom is -0.286 e. The maximum Gasteiger partial charge on any atom is 0.0515 e. The van der Waals surface area contributed by atoms with E-state index in [-0.39, 0.29) is 0 Å². The van der Waals surface area contributed by atoms with Gasteiger partial charge in [-0.3, -0.25) is 9.80 Å². The molecule has 2 nitrogen and oxygen atoms in total. The highest BCUT2D eigenvalue weighted by Crippen LogP contribution is 2.23. The maximum atomic E-state index is 2.57. The van der Waals surface area contributed by atoms with E-state index >= 15 is 0 Å². The first kappa shape index (κ1) is 12.0. The third-order valence-electron chi connectivity index (χ3n) is 3.09. The van der Waals surface area contributed by atoms with E-state index in [1.807, 2.05) is 0 Å². The van der Waals surface area contributed by atoms with Gasteiger partial charge in [-0.15, -0.1) is 0 Å². The summed E-state index contributed by atoms with van der Waals surface area (Å²) in [5, 5.41) is 0. The van der Waals surface area contributed by atoms with Crippen molar-refractivity contribution in [2.24, 2.45) is 0 Å². The minimum atomic E-state index is 0.309. The zero-order chi connectivity index (χ0) is 11.0. The van der Waals surface area contributed by atoms with E-state index in [0.29, 0.717) is 11.1 Å². The van der Waals surface area contributed by atoms with Crippen LogP contribution in [0.15, 0.2) is 0 Å². The Morgan fingerprint density at radius 1 is 0.714 bits per heavy atom. The Bertz CT molecular complexity index is 165. The van der Waals surface area contributed by atoms with Gasteiger partial charge in [-0.1, -0.05) is 0 Å². The molecule has 0 bridgehead atoms. The number of nitrogens with zero attached hydrogens (tertiary/aromatic N) is 2. The van der Waals surface area contributed by atoms with Crippen LogP contribution in [0.1, 0.15) is 48.0 Å². The van der Waals surface area contributed by atoms with Crippen LogP contribution in [0, 0.1) is 0 Å². The van der Waals surface area contributed by atoms with Crippen LogP contribution in [0.25, 0.3) is 0 Å². The molecule has 0 amide bonds. The predicted octanol–water partition coefficient (Wildman–Crippen LogP) is 2.55. The molecule has 1 aliphatic heterocycles. The minimum absolute atomic E-state index is 0.309. The van der Waals surface area contributed by atoms with E-state index in [0.717, 1.165) is 6.67 Å². The molecule has 1 aliphatic rings.